The van der Waals surface area contributed by atoms with Gasteiger partial charge in [-0.05, 0) is 46.1 Å². The Kier molecular flexibility index (Phi) is 4.52. The van der Waals surface area contributed by atoms with Crippen LogP contribution in [0.3, 0.4) is 0 Å². The highest BCUT2D eigenvalue weighted by atomic mass is 79.9. The van der Waals surface area contributed by atoms with E-state index in [2.05, 4.69) is 26.3 Å². The molecule has 3 N–H and O–H groups in total. The molecule has 1 heterocycles. The molecule has 1 atom stereocenters. The van der Waals surface area contributed by atoms with Crippen LogP contribution in [-0.4, -0.2) is 4.98 Å². The average molecular weight is 345 g/mol. The van der Waals surface area contributed by atoms with Crippen molar-refractivity contribution in [3.05, 3.63) is 62.6 Å². The van der Waals surface area contributed by atoms with Crippen molar-refractivity contribution in [3.63, 3.8) is 0 Å². The highest BCUT2D eigenvalue weighted by molar-refractivity contribution is 9.10. The molecule has 0 saturated heterocycles. The summed E-state index contributed by atoms with van der Waals surface area (Å²) in [7, 11) is 0. The molecule has 2 aromatic rings. The van der Waals surface area contributed by atoms with Crippen molar-refractivity contribution >= 4 is 27.5 Å². The number of aromatic nitrogens is 1. The Morgan fingerprint density at radius 1 is 1.37 bits per heavy atom. The van der Waals surface area contributed by atoms with E-state index in [1.54, 1.807) is 30.6 Å². The third kappa shape index (κ3) is 2.79. The van der Waals surface area contributed by atoms with E-state index in [-0.39, 0.29) is 5.02 Å². The minimum Gasteiger partial charge on any atom is -0.271 e. The minimum absolute atomic E-state index is 0.0458. The number of benzene rings is 1. The van der Waals surface area contributed by atoms with E-state index in [0.29, 0.717) is 10.0 Å². The first-order valence-corrected chi connectivity index (χ1v) is 6.73. The minimum atomic E-state index is -0.491. The number of nitrogens with zero attached hydrogens (tertiary/aromatic N) is 1. The topological polar surface area (TPSA) is 50.9 Å². The summed E-state index contributed by atoms with van der Waals surface area (Å²) < 4.78 is 14.8. The van der Waals surface area contributed by atoms with Gasteiger partial charge in [0.15, 0.2) is 0 Å². The van der Waals surface area contributed by atoms with Gasteiger partial charge in [-0.3, -0.25) is 10.8 Å². The molecule has 1 aromatic heterocycles. The smallest absolute Gasteiger partial charge is 0.148 e. The molecule has 2 rings (SSSR count). The van der Waals surface area contributed by atoms with E-state index in [0.717, 1.165) is 11.1 Å². The van der Waals surface area contributed by atoms with Crippen molar-refractivity contribution in [1.29, 1.82) is 0 Å². The molecule has 0 aliphatic heterocycles. The van der Waals surface area contributed by atoms with Gasteiger partial charge < -0.3 is 0 Å². The molecule has 0 fully saturated rings. The summed E-state index contributed by atoms with van der Waals surface area (Å²) in [6.45, 7) is 1.89. The number of rotatable bonds is 3. The first kappa shape index (κ1) is 14.4. The maximum atomic E-state index is 14.2. The van der Waals surface area contributed by atoms with Crippen LogP contribution >= 0.6 is 27.5 Å². The molecule has 0 aliphatic carbocycles. The zero-order valence-corrected chi connectivity index (χ0v) is 12.5. The second-order valence-corrected chi connectivity index (χ2v) is 5.33. The Bertz CT molecular complexity index is 606. The molecule has 0 amide bonds. The number of aryl methyl sites for hydroxylation is 1. The highest BCUT2D eigenvalue weighted by Crippen LogP contribution is 2.33. The van der Waals surface area contributed by atoms with Gasteiger partial charge in [0.05, 0.1) is 11.1 Å². The lowest BCUT2D eigenvalue weighted by Gasteiger charge is -2.20. The van der Waals surface area contributed by atoms with Crippen molar-refractivity contribution in [1.82, 2.24) is 10.4 Å². The van der Waals surface area contributed by atoms with Crippen LogP contribution in [0.15, 0.2) is 35.1 Å². The van der Waals surface area contributed by atoms with E-state index in [1.165, 1.54) is 0 Å². The molecular weight excluding hydrogens is 333 g/mol. The van der Waals surface area contributed by atoms with Crippen LogP contribution in [0.25, 0.3) is 0 Å². The first-order valence-electron chi connectivity index (χ1n) is 5.56. The Morgan fingerprint density at radius 2 is 2.11 bits per heavy atom. The van der Waals surface area contributed by atoms with E-state index in [9.17, 15) is 4.39 Å². The molecule has 0 saturated carbocycles. The van der Waals surface area contributed by atoms with Crippen molar-refractivity contribution in [2.24, 2.45) is 5.84 Å². The van der Waals surface area contributed by atoms with Crippen molar-refractivity contribution in [2.75, 3.05) is 0 Å². The van der Waals surface area contributed by atoms with Crippen LogP contribution in [-0.2, 0) is 0 Å². The predicted molar refractivity (Wildman–Crippen MR) is 77.3 cm³/mol. The first-order chi connectivity index (χ1) is 9.06. The fourth-order valence-electron chi connectivity index (χ4n) is 1.92. The molecule has 0 aliphatic rings. The van der Waals surface area contributed by atoms with Gasteiger partial charge in [0.25, 0.3) is 0 Å². The normalized spacial score (nSPS) is 12.5. The lowest BCUT2D eigenvalue weighted by molar-refractivity contribution is 0.558. The number of halogens is 3. The number of hydrazine groups is 1. The fourth-order valence-corrected chi connectivity index (χ4v) is 2.40. The van der Waals surface area contributed by atoms with Crippen LogP contribution in [0.1, 0.15) is 22.7 Å². The third-order valence-corrected chi connectivity index (χ3v) is 4.18. The quantitative estimate of drug-likeness (QED) is 0.509. The Morgan fingerprint density at radius 3 is 2.74 bits per heavy atom. The molecule has 100 valence electrons. The van der Waals surface area contributed by atoms with Gasteiger partial charge in [-0.25, -0.2) is 9.82 Å². The molecule has 19 heavy (non-hydrogen) atoms. The number of nitrogens with one attached hydrogen (secondary N) is 1. The summed E-state index contributed by atoms with van der Waals surface area (Å²) in [5.74, 6) is 5.08. The van der Waals surface area contributed by atoms with Gasteiger partial charge in [-0.2, -0.15) is 0 Å². The van der Waals surface area contributed by atoms with Crippen LogP contribution in [0.4, 0.5) is 4.39 Å². The fraction of sp³-hybridized carbons (Fsp3) is 0.154. The SMILES string of the molecule is Cc1cnccc1C(NN)c1ccc(Br)c(Cl)c1F. The number of pyridine rings is 1. The Balaban J connectivity index is 2.55. The van der Waals surface area contributed by atoms with Gasteiger partial charge in [-0.15, -0.1) is 0 Å². The lowest BCUT2D eigenvalue weighted by Crippen LogP contribution is -2.30. The monoisotopic (exact) mass is 343 g/mol. The van der Waals surface area contributed by atoms with E-state index >= 15 is 0 Å². The number of nitrogens with two attached hydrogens (primary N) is 1. The van der Waals surface area contributed by atoms with E-state index < -0.39 is 11.9 Å². The van der Waals surface area contributed by atoms with Gasteiger partial charge in [0.1, 0.15) is 5.82 Å². The lowest BCUT2D eigenvalue weighted by atomic mass is 9.96. The largest absolute Gasteiger partial charge is 0.271 e. The average Bonchev–Trinajstić information content (AvgIpc) is 2.41. The molecular formula is C13H12BrClFN3. The number of hydrogen-bond donors (Lipinski definition) is 2. The Labute approximate surface area is 124 Å². The van der Waals surface area contributed by atoms with Gasteiger partial charge in [0.2, 0.25) is 0 Å². The number of hydrogen-bond acceptors (Lipinski definition) is 3. The maximum absolute atomic E-state index is 14.2. The maximum Gasteiger partial charge on any atom is 0.148 e. The molecule has 6 heteroatoms. The zero-order chi connectivity index (χ0) is 14.0. The second kappa shape index (κ2) is 5.96. The van der Waals surface area contributed by atoms with Crippen molar-refractivity contribution in [3.8, 4) is 0 Å². The second-order valence-electron chi connectivity index (χ2n) is 4.10. The van der Waals surface area contributed by atoms with E-state index in [4.69, 9.17) is 17.4 Å². The summed E-state index contributed by atoms with van der Waals surface area (Å²) in [5, 5.41) is 0.0458. The van der Waals surface area contributed by atoms with E-state index in [1.807, 2.05) is 6.92 Å². The predicted octanol–water partition coefficient (Wildman–Crippen LogP) is 3.50. The summed E-state index contributed by atoms with van der Waals surface area (Å²) in [4.78, 5) is 4.01. The highest BCUT2D eigenvalue weighted by Gasteiger charge is 2.21. The standard InChI is InChI=1S/C13H12BrClFN3/c1-7-6-18-5-4-8(7)13(19-17)9-2-3-10(14)11(15)12(9)16/h2-6,13,19H,17H2,1H3. The van der Waals surface area contributed by atoms with Crippen LogP contribution in [0, 0.1) is 12.7 Å². The molecule has 1 aromatic carbocycles. The molecule has 0 spiro atoms. The van der Waals surface area contributed by atoms with Gasteiger partial charge in [-0.1, -0.05) is 17.7 Å². The molecule has 0 bridgehead atoms. The van der Waals surface area contributed by atoms with Crippen LogP contribution < -0.4 is 11.3 Å². The summed E-state index contributed by atoms with van der Waals surface area (Å²) in [5.41, 5.74) is 4.79. The molecule has 1 unspecified atom stereocenters. The molecule has 3 nitrogen and oxygen atoms in total. The van der Waals surface area contributed by atoms with Gasteiger partial charge >= 0.3 is 0 Å². The van der Waals surface area contributed by atoms with Crippen molar-refractivity contribution in [2.45, 2.75) is 13.0 Å². The summed E-state index contributed by atoms with van der Waals surface area (Å²) >= 11 is 9.10. The third-order valence-electron chi connectivity index (χ3n) is 2.92. The summed E-state index contributed by atoms with van der Waals surface area (Å²) in [6, 6.07) is 4.67. The molecule has 0 radical (unpaired) electrons. The van der Waals surface area contributed by atoms with Crippen molar-refractivity contribution < 1.29 is 4.39 Å². The van der Waals surface area contributed by atoms with Gasteiger partial charge in [0, 0.05) is 22.4 Å². The van der Waals surface area contributed by atoms with Crippen LogP contribution in [0.5, 0.6) is 0 Å². The zero-order valence-electron chi connectivity index (χ0n) is 10.1. The van der Waals surface area contributed by atoms with Crippen LogP contribution in [0.2, 0.25) is 5.02 Å². The Hall–Kier alpha value is -1.01. The summed E-state index contributed by atoms with van der Waals surface area (Å²) in [6.07, 6.45) is 3.35.